The standard InChI is InChI=1S/C22H35N3O2/c1-22(2,3)20-17(12-15-27-20)16-23-21(26)25-13-10-19(11-14-25)24(4)18-8-6-5-7-9-18/h5-9,17,19-20H,10-16H2,1-4H3,(H,23,26)/t17-,20+/m1/s1. The summed E-state index contributed by atoms with van der Waals surface area (Å²) in [4.78, 5) is 16.9. The Morgan fingerprint density at radius 2 is 1.85 bits per heavy atom. The van der Waals surface area contributed by atoms with Gasteiger partial charge in [0, 0.05) is 50.9 Å². The van der Waals surface area contributed by atoms with Gasteiger partial charge in [-0.15, -0.1) is 0 Å². The van der Waals surface area contributed by atoms with Crippen molar-refractivity contribution in [2.45, 2.75) is 52.2 Å². The van der Waals surface area contributed by atoms with Gasteiger partial charge in [0.2, 0.25) is 0 Å². The number of urea groups is 1. The number of anilines is 1. The number of carbonyl (C=O) groups excluding carboxylic acids is 1. The molecule has 2 fully saturated rings. The molecule has 2 saturated heterocycles. The van der Waals surface area contributed by atoms with Gasteiger partial charge in [-0.25, -0.2) is 4.79 Å². The predicted molar refractivity (Wildman–Crippen MR) is 110 cm³/mol. The van der Waals surface area contributed by atoms with E-state index in [1.165, 1.54) is 5.69 Å². The minimum atomic E-state index is 0.0790. The molecule has 1 aromatic rings. The number of piperidine rings is 1. The molecule has 0 bridgehead atoms. The van der Waals surface area contributed by atoms with Gasteiger partial charge in [-0.2, -0.15) is 0 Å². The van der Waals surface area contributed by atoms with E-state index in [1.54, 1.807) is 0 Å². The van der Waals surface area contributed by atoms with Crippen LogP contribution in [0.4, 0.5) is 10.5 Å². The van der Waals surface area contributed by atoms with E-state index in [1.807, 2.05) is 11.0 Å². The average molecular weight is 374 g/mol. The maximum absolute atomic E-state index is 12.6. The van der Waals surface area contributed by atoms with Gasteiger partial charge >= 0.3 is 6.03 Å². The van der Waals surface area contributed by atoms with Crippen LogP contribution in [0.3, 0.4) is 0 Å². The number of hydrogen-bond acceptors (Lipinski definition) is 3. The summed E-state index contributed by atoms with van der Waals surface area (Å²) in [5.74, 6) is 0.413. The number of nitrogens with zero attached hydrogens (tertiary/aromatic N) is 2. The summed E-state index contributed by atoms with van der Waals surface area (Å²) in [6, 6.07) is 11.1. The molecule has 0 saturated carbocycles. The van der Waals surface area contributed by atoms with Crippen molar-refractivity contribution >= 4 is 11.7 Å². The molecule has 2 atom stereocenters. The molecule has 0 spiro atoms. The fourth-order valence-electron chi connectivity index (χ4n) is 4.46. The topological polar surface area (TPSA) is 44.8 Å². The molecule has 2 aliphatic rings. The first-order valence-corrected chi connectivity index (χ1v) is 10.3. The van der Waals surface area contributed by atoms with Gasteiger partial charge in [0.15, 0.2) is 0 Å². The van der Waals surface area contributed by atoms with Crippen molar-refractivity contribution in [3.8, 4) is 0 Å². The lowest BCUT2D eigenvalue weighted by molar-refractivity contribution is 0.00751. The number of carbonyl (C=O) groups is 1. The molecular formula is C22H35N3O2. The number of ether oxygens (including phenoxy) is 1. The fraction of sp³-hybridized carbons (Fsp3) is 0.682. The van der Waals surface area contributed by atoms with Crippen molar-refractivity contribution in [1.82, 2.24) is 10.2 Å². The van der Waals surface area contributed by atoms with Gasteiger partial charge in [-0.3, -0.25) is 0 Å². The number of rotatable bonds is 4. The summed E-state index contributed by atoms with van der Waals surface area (Å²) in [7, 11) is 2.16. The van der Waals surface area contributed by atoms with E-state index in [4.69, 9.17) is 4.74 Å². The van der Waals surface area contributed by atoms with Crippen LogP contribution >= 0.6 is 0 Å². The second kappa shape index (κ2) is 8.51. The molecule has 27 heavy (non-hydrogen) atoms. The van der Waals surface area contributed by atoms with E-state index in [0.29, 0.717) is 18.5 Å². The first-order chi connectivity index (χ1) is 12.9. The summed E-state index contributed by atoms with van der Waals surface area (Å²) in [5, 5.41) is 3.17. The summed E-state index contributed by atoms with van der Waals surface area (Å²) in [5.41, 5.74) is 1.36. The normalized spacial score (nSPS) is 24.1. The highest BCUT2D eigenvalue weighted by molar-refractivity contribution is 5.74. The van der Waals surface area contributed by atoms with E-state index < -0.39 is 0 Å². The Morgan fingerprint density at radius 1 is 1.19 bits per heavy atom. The Hall–Kier alpha value is -1.75. The van der Waals surface area contributed by atoms with Gasteiger partial charge in [0.05, 0.1) is 6.10 Å². The molecule has 5 heteroatoms. The molecular weight excluding hydrogens is 338 g/mol. The lowest BCUT2D eigenvalue weighted by Crippen LogP contribution is -2.50. The van der Waals surface area contributed by atoms with Crippen LogP contribution < -0.4 is 10.2 Å². The molecule has 2 aliphatic heterocycles. The van der Waals surface area contributed by atoms with Crippen LogP contribution in [0, 0.1) is 11.3 Å². The van der Waals surface area contributed by atoms with Gasteiger partial charge in [-0.05, 0) is 36.8 Å². The van der Waals surface area contributed by atoms with Crippen molar-refractivity contribution < 1.29 is 9.53 Å². The lowest BCUT2D eigenvalue weighted by Gasteiger charge is -2.38. The first-order valence-electron chi connectivity index (χ1n) is 10.3. The van der Waals surface area contributed by atoms with Crippen molar-refractivity contribution in [2.75, 3.05) is 38.2 Å². The zero-order valence-corrected chi connectivity index (χ0v) is 17.3. The second-order valence-electron chi connectivity index (χ2n) is 9.06. The summed E-state index contributed by atoms with van der Waals surface area (Å²) in [6.07, 6.45) is 3.28. The first kappa shape index (κ1) is 20.0. The Kier molecular flexibility index (Phi) is 6.30. The lowest BCUT2D eigenvalue weighted by atomic mass is 9.81. The third kappa shape index (κ3) is 4.95. The number of benzene rings is 1. The molecule has 5 nitrogen and oxygen atoms in total. The molecule has 0 radical (unpaired) electrons. The minimum absolute atomic E-state index is 0.0790. The monoisotopic (exact) mass is 373 g/mol. The number of amides is 2. The van der Waals surface area contributed by atoms with Crippen LogP contribution in [0.1, 0.15) is 40.0 Å². The van der Waals surface area contributed by atoms with Crippen molar-refractivity contribution in [2.24, 2.45) is 11.3 Å². The van der Waals surface area contributed by atoms with Crippen LogP contribution in [0.2, 0.25) is 0 Å². The zero-order valence-electron chi connectivity index (χ0n) is 17.3. The third-order valence-corrected chi connectivity index (χ3v) is 6.05. The summed E-state index contributed by atoms with van der Waals surface area (Å²) < 4.78 is 5.92. The quantitative estimate of drug-likeness (QED) is 0.874. The van der Waals surface area contributed by atoms with Gasteiger partial charge in [0.1, 0.15) is 0 Å². The third-order valence-electron chi connectivity index (χ3n) is 6.05. The Bertz CT molecular complexity index is 606. The molecule has 1 N–H and O–H groups in total. The maximum atomic E-state index is 12.6. The predicted octanol–water partition coefficient (Wildman–Crippen LogP) is 3.75. The molecule has 3 rings (SSSR count). The van der Waals surface area contributed by atoms with E-state index in [9.17, 15) is 4.79 Å². The second-order valence-corrected chi connectivity index (χ2v) is 9.06. The minimum Gasteiger partial charge on any atom is -0.377 e. The van der Waals surface area contributed by atoms with Gasteiger partial charge in [-0.1, -0.05) is 39.0 Å². The average Bonchev–Trinajstić information content (AvgIpc) is 3.15. The van der Waals surface area contributed by atoms with E-state index >= 15 is 0 Å². The molecule has 0 aromatic heterocycles. The van der Waals surface area contributed by atoms with Crippen LogP contribution in [0.5, 0.6) is 0 Å². The van der Waals surface area contributed by atoms with Gasteiger partial charge < -0.3 is 19.9 Å². The number of hydrogen-bond donors (Lipinski definition) is 1. The van der Waals surface area contributed by atoms with Crippen molar-refractivity contribution in [3.05, 3.63) is 30.3 Å². The SMILES string of the molecule is CN(c1ccccc1)C1CCN(C(=O)NC[C@H]2CCO[C@@H]2C(C)(C)C)CC1. The van der Waals surface area contributed by atoms with Crippen LogP contribution in [0.15, 0.2) is 30.3 Å². The smallest absolute Gasteiger partial charge is 0.317 e. The Labute approximate surface area is 164 Å². The van der Waals surface area contributed by atoms with Crippen molar-refractivity contribution in [1.29, 1.82) is 0 Å². The Morgan fingerprint density at radius 3 is 2.48 bits per heavy atom. The molecule has 2 heterocycles. The highest BCUT2D eigenvalue weighted by Crippen LogP contribution is 2.34. The summed E-state index contributed by atoms with van der Waals surface area (Å²) in [6.45, 7) is 9.79. The number of nitrogens with one attached hydrogen (secondary N) is 1. The number of para-hydroxylation sites is 1. The van der Waals surface area contributed by atoms with Crippen LogP contribution in [0.25, 0.3) is 0 Å². The molecule has 2 amide bonds. The van der Waals surface area contributed by atoms with E-state index in [-0.39, 0.29) is 17.6 Å². The molecule has 150 valence electrons. The molecule has 1 aromatic carbocycles. The van der Waals surface area contributed by atoms with E-state index in [0.717, 1.165) is 39.0 Å². The van der Waals surface area contributed by atoms with Crippen LogP contribution in [-0.2, 0) is 4.74 Å². The highest BCUT2D eigenvalue weighted by atomic mass is 16.5. The van der Waals surface area contributed by atoms with Crippen LogP contribution in [-0.4, -0.2) is 56.4 Å². The molecule has 0 unspecified atom stereocenters. The van der Waals surface area contributed by atoms with Crippen molar-refractivity contribution in [3.63, 3.8) is 0 Å². The summed E-state index contributed by atoms with van der Waals surface area (Å²) >= 11 is 0. The highest BCUT2D eigenvalue weighted by Gasteiger charge is 2.37. The fourth-order valence-corrected chi connectivity index (χ4v) is 4.46. The Balaban J connectivity index is 1.45. The molecule has 0 aliphatic carbocycles. The van der Waals surface area contributed by atoms with E-state index in [2.05, 4.69) is 62.3 Å². The maximum Gasteiger partial charge on any atom is 0.317 e. The zero-order chi connectivity index (χ0) is 19.4. The number of likely N-dealkylation sites (tertiary alicyclic amines) is 1. The largest absolute Gasteiger partial charge is 0.377 e. The van der Waals surface area contributed by atoms with Gasteiger partial charge in [0.25, 0.3) is 0 Å².